The van der Waals surface area contributed by atoms with Crippen molar-refractivity contribution >= 4 is 27.5 Å². The normalized spacial score (nSPS) is 18.6. The minimum absolute atomic E-state index is 0.00443. The molecule has 0 radical (unpaired) electrons. The summed E-state index contributed by atoms with van der Waals surface area (Å²) in [5, 5.41) is 3.08. The molecule has 2 aliphatic rings. The first-order valence-electron chi connectivity index (χ1n) is 10.1. The van der Waals surface area contributed by atoms with Crippen LogP contribution < -0.4 is 5.32 Å². The molecule has 2 aromatic heterocycles. The largest absolute Gasteiger partial charge is 0.379 e. The fourth-order valence-corrected chi connectivity index (χ4v) is 5.07. The lowest BCUT2D eigenvalue weighted by atomic mass is 9.97. The molecule has 0 atom stereocenters. The maximum Gasteiger partial charge on any atom is 0.267 e. The summed E-state index contributed by atoms with van der Waals surface area (Å²) in [6.45, 7) is 7.37. The van der Waals surface area contributed by atoms with Crippen molar-refractivity contribution in [2.75, 3.05) is 32.8 Å². The van der Waals surface area contributed by atoms with Crippen molar-refractivity contribution in [2.24, 2.45) is 0 Å². The van der Waals surface area contributed by atoms with Crippen LogP contribution in [0.4, 0.5) is 0 Å². The molecule has 0 bridgehead atoms. The first-order chi connectivity index (χ1) is 13.2. The average molecular weight is 388 g/mol. The lowest BCUT2D eigenvalue weighted by Gasteiger charge is -2.26. The van der Waals surface area contributed by atoms with Crippen LogP contribution in [-0.2, 0) is 11.3 Å². The third-order valence-corrected chi connectivity index (χ3v) is 6.71. The Morgan fingerprint density at radius 3 is 2.96 bits per heavy atom. The molecule has 146 valence electrons. The van der Waals surface area contributed by atoms with Gasteiger partial charge in [0.1, 0.15) is 5.69 Å². The number of aromatic amines is 1. The number of ether oxygens (including phenoxy) is 1. The molecule has 1 aliphatic heterocycles. The third-order valence-electron chi connectivity index (χ3n) is 5.62. The van der Waals surface area contributed by atoms with Crippen molar-refractivity contribution in [3.63, 3.8) is 0 Å². The summed E-state index contributed by atoms with van der Waals surface area (Å²) >= 11 is 1.77. The molecular weight excluding hydrogens is 358 g/mol. The van der Waals surface area contributed by atoms with E-state index in [0.29, 0.717) is 5.69 Å². The quantitative estimate of drug-likeness (QED) is 0.737. The van der Waals surface area contributed by atoms with E-state index in [1.807, 2.05) is 6.07 Å². The van der Waals surface area contributed by atoms with E-state index in [1.165, 1.54) is 46.4 Å². The van der Waals surface area contributed by atoms with Gasteiger partial charge < -0.3 is 15.0 Å². The SMILES string of the molecule is Cc1sc2cc(C(=O)NCCC3=CCCCC3)[nH]c2c1CN1CCOCC1. The molecule has 0 saturated carbocycles. The highest BCUT2D eigenvalue weighted by atomic mass is 32.1. The predicted molar refractivity (Wildman–Crippen MR) is 111 cm³/mol. The van der Waals surface area contributed by atoms with Crippen LogP contribution in [0, 0.1) is 6.92 Å². The number of carbonyl (C=O) groups is 1. The van der Waals surface area contributed by atoms with E-state index in [0.717, 1.165) is 51.3 Å². The first-order valence-corrected chi connectivity index (χ1v) is 10.9. The number of fused-ring (bicyclic) bond motifs is 1. The zero-order valence-electron chi connectivity index (χ0n) is 16.1. The van der Waals surface area contributed by atoms with Gasteiger partial charge in [0.05, 0.1) is 23.4 Å². The second-order valence-electron chi connectivity index (χ2n) is 7.56. The monoisotopic (exact) mass is 387 g/mol. The lowest BCUT2D eigenvalue weighted by Crippen LogP contribution is -2.35. The number of rotatable bonds is 6. The number of aromatic nitrogens is 1. The van der Waals surface area contributed by atoms with E-state index < -0.39 is 0 Å². The molecule has 5 nitrogen and oxygen atoms in total. The van der Waals surface area contributed by atoms with Gasteiger partial charge in [-0.3, -0.25) is 9.69 Å². The number of nitrogens with zero attached hydrogens (tertiary/aromatic N) is 1. The van der Waals surface area contributed by atoms with Gasteiger partial charge in [0.15, 0.2) is 0 Å². The van der Waals surface area contributed by atoms with Gasteiger partial charge in [0, 0.05) is 36.6 Å². The molecule has 3 heterocycles. The van der Waals surface area contributed by atoms with Crippen molar-refractivity contribution in [3.05, 3.63) is 33.9 Å². The van der Waals surface area contributed by atoms with Crippen LogP contribution in [0.2, 0.25) is 0 Å². The number of allylic oxidation sites excluding steroid dienone is 1. The van der Waals surface area contributed by atoms with E-state index in [-0.39, 0.29) is 5.91 Å². The van der Waals surface area contributed by atoms with Crippen molar-refractivity contribution in [1.82, 2.24) is 15.2 Å². The number of thiophene rings is 1. The Balaban J connectivity index is 1.40. The lowest BCUT2D eigenvalue weighted by molar-refractivity contribution is 0.0343. The van der Waals surface area contributed by atoms with Gasteiger partial charge in [0.2, 0.25) is 0 Å². The van der Waals surface area contributed by atoms with Crippen molar-refractivity contribution < 1.29 is 9.53 Å². The number of H-pyrrole nitrogens is 1. The van der Waals surface area contributed by atoms with Crippen LogP contribution in [0.15, 0.2) is 17.7 Å². The van der Waals surface area contributed by atoms with E-state index in [1.54, 1.807) is 11.3 Å². The Morgan fingerprint density at radius 1 is 1.33 bits per heavy atom. The van der Waals surface area contributed by atoms with Crippen LogP contribution in [0.5, 0.6) is 0 Å². The van der Waals surface area contributed by atoms with Gasteiger partial charge in [-0.2, -0.15) is 0 Å². The summed E-state index contributed by atoms with van der Waals surface area (Å²) < 4.78 is 6.63. The molecular formula is C21H29N3O2S. The molecule has 1 fully saturated rings. The summed E-state index contributed by atoms with van der Waals surface area (Å²) in [7, 11) is 0. The summed E-state index contributed by atoms with van der Waals surface area (Å²) in [6.07, 6.45) is 8.31. The van der Waals surface area contributed by atoms with Gasteiger partial charge in [-0.05, 0) is 45.1 Å². The van der Waals surface area contributed by atoms with Crippen molar-refractivity contribution in [2.45, 2.75) is 45.6 Å². The van der Waals surface area contributed by atoms with Crippen LogP contribution in [-0.4, -0.2) is 48.6 Å². The molecule has 27 heavy (non-hydrogen) atoms. The minimum atomic E-state index is 0.00443. The molecule has 0 spiro atoms. The fourth-order valence-electron chi connectivity index (χ4n) is 4.00. The zero-order chi connectivity index (χ0) is 18.6. The van der Waals surface area contributed by atoms with Crippen molar-refractivity contribution in [1.29, 1.82) is 0 Å². The van der Waals surface area contributed by atoms with Gasteiger partial charge in [-0.15, -0.1) is 11.3 Å². The highest BCUT2D eigenvalue weighted by Crippen LogP contribution is 2.32. The third kappa shape index (κ3) is 4.45. The summed E-state index contributed by atoms with van der Waals surface area (Å²) in [4.78, 5) is 19.7. The highest BCUT2D eigenvalue weighted by molar-refractivity contribution is 7.19. The molecule has 2 aromatic rings. The van der Waals surface area contributed by atoms with E-state index in [4.69, 9.17) is 4.74 Å². The number of hydrogen-bond donors (Lipinski definition) is 2. The van der Waals surface area contributed by atoms with Crippen molar-refractivity contribution in [3.8, 4) is 0 Å². The number of nitrogens with one attached hydrogen (secondary N) is 2. The maximum absolute atomic E-state index is 12.6. The van der Waals surface area contributed by atoms with Crippen LogP contribution in [0.25, 0.3) is 10.2 Å². The van der Waals surface area contributed by atoms with Gasteiger partial charge in [0.25, 0.3) is 5.91 Å². The van der Waals surface area contributed by atoms with E-state index >= 15 is 0 Å². The van der Waals surface area contributed by atoms with Gasteiger partial charge >= 0.3 is 0 Å². The first kappa shape index (κ1) is 18.7. The Kier molecular flexibility index (Phi) is 5.95. The van der Waals surface area contributed by atoms with Crippen LogP contribution in [0.1, 0.15) is 53.0 Å². The number of morpholine rings is 1. The number of aryl methyl sites for hydroxylation is 1. The summed E-state index contributed by atoms with van der Waals surface area (Å²) in [5.41, 5.74) is 4.63. The molecule has 1 saturated heterocycles. The van der Waals surface area contributed by atoms with Gasteiger partial charge in [-0.25, -0.2) is 0 Å². The second kappa shape index (κ2) is 8.59. The smallest absolute Gasteiger partial charge is 0.267 e. The second-order valence-corrected chi connectivity index (χ2v) is 8.82. The topological polar surface area (TPSA) is 57.4 Å². The maximum atomic E-state index is 12.6. The molecule has 0 unspecified atom stereocenters. The number of hydrogen-bond acceptors (Lipinski definition) is 4. The Bertz CT molecular complexity index is 830. The molecule has 4 rings (SSSR count). The standard InChI is InChI=1S/C21H29N3O2S/c1-15-17(14-24-9-11-26-12-10-24)20-19(27-15)13-18(23-20)21(25)22-8-7-16-5-3-2-4-6-16/h5,13,23H,2-4,6-12,14H2,1H3,(H,22,25). The fraction of sp³-hybridized carbons (Fsp3) is 0.571. The highest BCUT2D eigenvalue weighted by Gasteiger charge is 2.19. The molecule has 0 aromatic carbocycles. The average Bonchev–Trinajstić information content (AvgIpc) is 3.22. The molecule has 2 N–H and O–H groups in total. The van der Waals surface area contributed by atoms with E-state index in [2.05, 4.69) is 28.2 Å². The molecule has 6 heteroatoms. The predicted octanol–water partition coefficient (Wildman–Crippen LogP) is 3.99. The van der Waals surface area contributed by atoms with Crippen LogP contribution in [0.3, 0.4) is 0 Å². The minimum Gasteiger partial charge on any atom is -0.379 e. The Labute approximate surface area is 164 Å². The number of amides is 1. The van der Waals surface area contributed by atoms with Crippen LogP contribution >= 0.6 is 11.3 Å². The zero-order valence-corrected chi connectivity index (χ0v) is 16.9. The molecule has 1 aliphatic carbocycles. The number of carbonyl (C=O) groups excluding carboxylic acids is 1. The van der Waals surface area contributed by atoms with E-state index in [9.17, 15) is 4.79 Å². The summed E-state index contributed by atoms with van der Waals surface area (Å²) in [6, 6.07) is 2.00. The summed E-state index contributed by atoms with van der Waals surface area (Å²) in [5.74, 6) is 0.00443. The Hall–Kier alpha value is -1.63. The molecule has 1 amide bonds. The Morgan fingerprint density at radius 2 is 2.19 bits per heavy atom. The van der Waals surface area contributed by atoms with Gasteiger partial charge in [-0.1, -0.05) is 11.6 Å².